The highest BCUT2D eigenvalue weighted by atomic mass is 32.2. The third-order valence-corrected chi connectivity index (χ3v) is 8.33. The zero-order valence-corrected chi connectivity index (χ0v) is 26.2. The van der Waals surface area contributed by atoms with E-state index < -0.39 is 23.0 Å². The molecule has 3 amide bonds. The molecule has 0 bridgehead atoms. The Labute approximate surface area is 276 Å². The van der Waals surface area contributed by atoms with Crippen molar-refractivity contribution < 1.29 is 24.3 Å². The number of anilines is 2. The van der Waals surface area contributed by atoms with E-state index in [-0.39, 0.29) is 17.2 Å². The number of hydrogen-bond donors (Lipinski definition) is 4. The number of carbonyl (C=O) groups excluding carboxylic acids is 3. The van der Waals surface area contributed by atoms with E-state index in [1.807, 2.05) is 67.6 Å². The quantitative estimate of drug-likeness (QED) is 0.0871. The van der Waals surface area contributed by atoms with Gasteiger partial charge in [-0.2, -0.15) is 0 Å². The molecule has 8 nitrogen and oxygen atoms in total. The molecule has 0 aliphatic rings. The minimum Gasteiger partial charge on any atom is -0.478 e. The van der Waals surface area contributed by atoms with Crippen LogP contribution in [0.2, 0.25) is 0 Å². The van der Waals surface area contributed by atoms with E-state index in [1.54, 1.807) is 66.7 Å². The largest absolute Gasteiger partial charge is 0.478 e. The number of carboxylic acid groups (broad SMARTS) is 1. The molecule has 234 valence electrons. The maximum absolute atomic E-state index is 13.6. The molecule has 0 aliphatic carbocycles. The molecule has 5 aromatic carbocycles. The van der Waals surface area contributed by atoms with Gasteiger partial charge in [-0.1, -0.05) is 84.9 Å². The van der Waals surface area contributed by atoms with Gasteiger partial charge in [0.25, 0.3) is 11.8 Å². The lowest BCUT2D eigenvalue weighted by atomic mass is 10.1. The number of benzene rings is 5. The van der Waals surface area contributed by atoms with Crippen molar-refractivity contribution in [2.45, 2.75) is 17.1 Å². The second-order valence-electron chi connectivity index (χ2n) is 10.5. The van der Waals surface area contributed by atoms with Crippen molar-refractivity contribution in [2.24, 2.45) is 0 Å². The second-order valence-corrected chi connectivity index (χ2v) is 11.7. The van der Waals surface area contributed by atoms with Gasteiger partial charge in [0.15, 0.2) is 0 Å². The molecular formula is C38H31N3O5S. The predicted octanol–water partition coefficient (Wildman–Crippen LogP) is 7.57. The lowest BCUT2D eigenvalue weighted by Crippen LogP contribution is -2.30. The molecule has 1 unspecified atom stereocenters. The van der Waals surface area contributed by atoms with Gasteiger partial charge in [0.1, 0.15) is 10.9 Å². The van der Waals surface area contributed by atoms with E-state index in [4.69, 9.17) is 0 Å². The van der Waals surface area contributed by atoms with E-state index in [0.717, 1.165) is 16.7 Å². The molecule has 5 aromatic rings. The third kappa shape index (κ3) is 8.84. The molecular weight excluding hydrogens is 611 g/mol. The van der Waals surface area contributed by atoms with E-state index >= 15 is 0 Å². The summed E-state index contributed by atoms with van der Waals surface area (Å²) < 4.78 is 0. The van der Waals surface area contributed by atoms with Crippen molar-refractivity contribution in [3.63, 3.8) is 0 Å². The van der Waals surface area contributed by atoms with E-state index in [1.165, 1.54) is 23.9 Å². The number of carboxylic acids is 1. The van der Waals surface area contributed by atoms with Crippen LogP contribution in [0.1, 0.15) is 42.7 Å². The topological polar surface area (TPSA) is 125 Å². The summed E-state index contributed by atoms with van der Waals surface area (Å²) in [6.07, 6.45) is 1.64. The van der Waals surface area contributed by atoms with Crippen molar-refractivity contribution in [1.82, 2.24) is 5.32 Å². The number of carbonyl (C=O) groups is 4. The minimum atomic E-state index is -1.09. The Hall–Kier alpha value is -5.93. The first-order valence-electron chi connectivity index (χ1n) is 14.7. The van der Waals surface area contributed by atoms with Crippen LogP contribution in [0, 0.1) is 6.92 Å². The summed E-state index contributed by atoms with van der Waals surface area (Å²) in [4.78, 5) is 52.4. The Bertz CT molecular complexity index is 1940. The monoisotopic (exact) mass is 641 g/mol. The highest BCUT2D eigenvalue weighted by molar-refractivity contribution is 8.00. The Morgan fingerprint density at radius 3 is 2.00 bits per heavy atom. The number of rotatable bonds is 11. The van der Waals surface area contributed by atoms with Crippen LogP contribution < -0.4 is 16.0 Å². The summed E-state index contributed by atoms with van der Waals surface area (Å²) in [5.41, 5.74) is 3.82. The number of aromatic carboxylic acids is 1. The SMILES string of the molecule is Cc1ccccc1/C=C(\NC(=O)c1ccccc1)C(=O)Nc1cccc(SC(C(=O)Nc2cccc(C(=O)O)c2)c2ccccc2)c1. The number of amides is 3. The minimum absolute atomic E-state index is 0.0611. The van der Waals surface area contributed by atoms with Crippen molar-refractivity contribution in [1.29, 1.82) is 0 Å². The molecule has 0 spiro atoms. The lowest BCUT2D eigenvalue weighted by molar-refractivity contribution is -0.116. The molecule has 0 saturated heterocycles. The van der Waals surface area contributed by atoms with E-state index in [0.29, 0.717) is 21.8 Å². The Balaban J connectivity index is 1.38. The summed E-state index contributed by atoms with van der Waals surface area (Å²) in [7, 11) is 0. The van der Waals surface area contributed by atoms with Crippen molar-refractivity contribution in [3.8, 4) is 0 Å². The molecule has 5 rings (SSSR count). The number of aryl methyl sites for hydroxylation is 1. The second kappa shape index (κ2) is 15.4. The summed E-state index contributed by atoms with van der Waals surface area (Å²) in [6, 6.07) is 38.5. The summed E-state index contributed by atoms with van der Waals surface area (Å²) >= 11 is 1.28. The van der Waals surface area contributed by atoms with Gasteiger partial charge in [-0.05, 0) is 78.2 Å². The number of hydrogen-bond acceptors (Lipinski definition) is 5. The van der Waals surface area contributed by atoms with Gasteiger partial charge < -0.3 is 21.1 Å². The predicted molar refractivity (Wildman–Crippen MR) is 185 cm³/mol. The molecule has 0 fully saturated rings. The molecule has 0 radical (unpaired) electrons. The maximum Gasteiger partial charge on any atom is 0.335 e. The van der Waals surface area contributed by atoms with Gasteiger partial charge in [-0.25, -0.2) is 4.79 Å². The summed E-state index contributed by atoms with van der Waals surface area (Å²) in [5.74, 6) is -2.37. The van der Waals surface area contributed by atoms with Gasteiger partial charge in [-0.15, -0.1) is 11.8 Å². The molecule has 0 aliphatic heterocycles. The van der Waals surface area contributed by atoms with Crippen LogP contribution >= 0.6 is 11.8 Å². The molecule has 9 heteroatoms. The third-order valence-electron chi connectivity index (χ3n) is 7.08. The molecule has 47 heavy (non-hydrogen) atoms. The molecule has 0 aromatic heterocycles. The van der Waals surface area contributed by atoms with Crippen molar-refractivity contribution in [2.75, 3.05) is 10.6 Å². The first kappa shape index (κ1) is 32.5. The molecule has 1 atom stereocenters. The van der Waals surface area contributed by atoms with Gasteiger partial charge in [0.05, 0.1) is 5.56 Å². The molecule has 0 heterocycles. The van der Waals surface area contributed by atoms with Crippen molar-refractivity contribution >= 4 is 52.9 Å². The Morgan fingerprint density at radius 2 is 1.30 bits per heavy atom. The van der Waals surface area contributed by atoms with Gasteiger partial charge in [0, 0.05) is 21.8 Å². The number of nitrogens with one attached hydrogen (secondary N) is 3. The van der Waals surface area contributed by atoms with Gasteiger partial charge in [0.2, 0.25) is 5.91 Å². The average molecular weight is 642 g/mol. The van der Waals surface area contributed by atoms with Gasteiger partial charge >= 0.3 is 5.97 Å². The maximum atomic E-state index is 13.6. The van der Waals surface area contributed by atoms with Gasteiger partial charge in [-0.3, -0.25) is 14.4 Å². The zero-order valence-electron chi connectivity index (χ0n) is 25.3. The fourth-order valence-corrected chi connectivity index (χ4v) is 5.75. The normalized spacial score (nSPS) is 11.6. The van der Waals surface area contributed by atoms with Crippen molar-refractivity contribution in [3.05, 3.63) is 167 Å². The van der Waals surface area contributed by atoms with Crippen LogP contribution in [0.25, 0.3) is 6.08 Å². The van der Waals surface area contributed by atoms with E-state index in [2.05, 4.69) is 16.0 Å². The lowest BCUT2D eigenvalue weighted by Gasteiger charge is -2.18. The highest BCUT2D eigenvalue weighted by Crippen LogP contribution is 2.37. The smallest absolute Gasteiger partial charge is 0.335 e. The highest BCUT2D eigenvalue weighted by Gasteiger charge is 2.23. The first-order valence-corrected chi connectivity index (χ1v) is 15.6. The van der Waals surface area contributed by atoms with E-state index in [9.17, 15) is 24.3 Å². The number of thioether (sulfide) groups is 1. The fourth-order valence-electron chi connectivity index (χ4n) is 4.67. The van der Waals surface area contributed by atoms with Crippen LogP contribution in [0.3, 0.4) is 0 Å². The summed E-state index contributed by atoms with van der Waals surface area (Å²) in [5, 5.41) is 17.1. The van der Waals surface area contributed by atoms with Crippen LogP contribution in [0.5, 0.6) is 0 Å². The van der Waals surface area contributed by atoms with Crippen LogP contribution in [0.15, 0.2) is 144 Å². The van der Waals surface area contributed by atoms with Crippen LogP contribution in [0.4, 0.5) is 11.4 Å². The average Bonchev–Trinajstić information content (AvgIpc) is 3.08. The molecule has 0 saturated carbocycles. The summed E-state index contributed by atoms with van der Waals surface area (Å²) in [6.45, 7) is 1.92. The standard InChI is InChI=1S/C38H31N3O5S/c1-25-12-8-9-17-28(25)23-33(41-35(42)27-15-6-3-7-16-27)36(43)39-31-20-11-21-32(24-31)47-34(26-13-4-2-5-14-26)37(44)40-30-19-10-18-29(22-30)38(45)46/h2-24,34H,1H3,(H,39,43)(H,40,44)(H,41,42)(H,45,46)/b33-23-. The van der Waals surface area contributed by atoms with Crippen LogP contribution in [-0.2, 0) is 9.59 Å². The zero-order chi connectivity index (χ0) is 33.2. The molecule has 4 N–H and O–H groups in total. The fraction of sp³-hybridized carbons (Fsp3) is 0.0526. The Kier molecular flexibility index (Phi) is 10.6. The van der Waals surface area contributed by atoms with Crippen LogP contribution in [-0.4, -0.2) is 28.8 Å². The first-order chi connectivity index (χ1) is 22.8. The Morgan fingerprint density at radius 1 is 0.681 bits per heavy atom.